The second-order valence-electron chi connectivity index (χ2n) is 3.57. The molecule has 16 heavy (non-hydrogen) atoms. The molecular formula is C11H13N3O2. The highest BCUT2D eigenvalue weighted by Gasteiger charge is 2.23. The average Bonchev–Trinajstić information content (AvgIpc) is 2.29. The first-order valence-electron chi connectivity index (χ1n) is 4.96. The summed E-state index contributed by atoms with van der Waals surface area (Å²) >= 11 is 0. The van der Waals surface area contributed by atoms with E-state index in [1.54, 1.807) is 26.1 Å². The molecule has 3 N–H and O–H groups in total. The maximum absolute atomic E-state index is 11.4. The Balaban J connectivity index is 2.40. The van der Waals surface area contributed by atoms with Crippen LogP contribution in [0.2, 0.25) is 0 Å². The maximum atomic E-state index is 11.4. The molecule has 1 aromatic rings. The van der Waals surface area contributed by atoms with Crippen molar-refractivity contribution in [1.29, 1.82) is 0 Å². The van der Waals surface area contributed by atoms with E-state index in [1.807, 2.05) is 6.07 Å². The van der Waals surface area contributed by atoms with Crippen LogP contribution in [0.3, 0.4) is 0 Å². The number of benzene rings is 1. The molecule has 0 saturated carbocycles. The van der Waals surface area contributed by atoms with Gasteiger partial charge in [-0.25, -0.2) is 0 Å². The second-order valence-corrected chi connectivity index (χ2v) is 3.57. The number of nitrogens with one attached hydrogen (secondary N) is 1. The van der Waals surface area contributed by atoms with Crippen LogP contribution in [0.4, 0.5) is 5.69 Å². The molecule has 1 aromatic carbocycles. The number of carbonyl (C=O) groups excluding carboxylic acids is 1. The fourth-order valence-electron chi connectivity index (χ4n) is 1.50. The molecule has 1 aliphatic rings. The van der Waals surface area contributed by atoms with Crippen LogP contribution >= 0.6 is 0 Å². The minimum absolute atomic E-state index is 0.156. The van der Waals surface area contributed by atoms with Crippen molar-refractivity contribution in [2.45, 2.75) is 13.0 Å². The number of nitrogens with zero attached hydrogens (tertiary/aromatic N) is 1. The molecule has 0 spiro atoms. The zero-order valence-electron chi connectivity index (χ0n) is 9.15. The zero-order valence-corrected chi connectivity index (χ0v) is 9.15. The van der Waals surface area contributed by atoms with Gasteiger partial charge in [0.15, 0.2) is 6.10 Å². The van der Waals surface area contributed by atoms with Gasteiger partial charge < -0.3 is 15.8 Å². The molecule has 0 aliphatic carbocycles. The number of amides is 1. The summed E-state index contributed by atoms with van der Waals surface area (Å²) in [6.07, 6.45) is -0.462. The quantitative estimate of drug-likeness (QED) is 0.540. The van der Waals surface area contributed by atoms with Gasteiger partial charge in [-0.2, -0.15) is 0 Å². The van der Waals surface area contributed by atoms with Crippen LogP contribution in [0, 0.1) is 0 Å². The lowest BCUT2D eigenvalue weighted by Gasteiger charge is -2.23. The number of aliphatic imine (C=N–C) groups is 1. The van der Waals surface area contributed by atoms with Crippen LogP contribution in [0.1, 0.15) is 12.5 Å². The molecule has 0 fully saturated rings. The number of anilines is 1. The van der Waals surface area contributed by atoms with Gasteiger partial charge >= 0.3 is 0 Å². The normalized spacial score (nSPS) is 19.8. The van der Waals surface area contributed by atoms with Crippen LogP contribution in [-0.2, 0) is 4.79 Å². The summed E-state index contributed by atoms with van der Waals surface area (Å²) in [5.41, 5.74) is 7.08. The summed E-state index contributed by atoms with van der Waals surface area (Å²) in [5, 5.41) is 2.75. The van der Waals surface area contributed by atoms with E-state index in [-0.39, 0.29) is 5.91 Å². The van der Waals surface area contributed by atoms with E-state index in [2.05, 4.69) is 10.3 Å². The SMILES string of the molecule is CN=C(N)c1ccc2c(c1)NC(=O)C(C)O2. The topological polar surface area (TPSA) is 76.7 Å². The molecule has 1 unspecified atom stereocenters. The molecule has 1 aliphatic heterocycles. The Labute approximate surface area is 93.3 Å². The van der Waals surface area contributed by atoms with Gasteiger partial charge in [-0.05, 0) is 25.1 Å². The Kier molecular flexibility index (Phi) is 2.52. The van der Waals surface area contributed by atoms with E-state index >= 15 is 0 Å². The first kappa shape index (κ1) is 10.5. The van der Waals surface area contributed by atoms with Gasteiger partial charge in [-0.1, -0.05) is 0 Å². The highest BCUT2D eigenvalue weighted by atomic mass is 16.5. The molecule has 0 saturated heterocycles. The third-order valence-electron chi connectivity index (χ3n) is 2.45. The lowest BCUT2D eigenvalue weighted by Crippen LogP contribution is -2.34. The van der Waals surface area contributed by atoms with Crippen LogP contribution in [0.25, 0.3) is 0 Å². The second kappa shape index (κ2) is 3.84. The Morgan fingerprint density at radius 2 is 2.31 bits per heavy atom. The smallest absolute Gasteiger partial charge is 0.265 e. The van der Waals surface area contributed by atoms with Gasteiger partial charge in [0.2, 0.25) is 0 Å². The first-order valence-corrected chi connectivity index (χ1v) is 4.96. The van der Waals surface area contributed by atoms with E-state index in [0.29, 0.717) is 17.3 Å². The van der Waals surface area contributed by atoms with Gasteiger partial charge in [0, 0.05) is 12.6 Å². The van der Waals surface area contributed by atoms with Crippen LogP contribution < -0.4 is 15.8 Å². The predicted molar refractivity (Wildman–Crippen MR) is 61.8 cm³/mol. The van der Waals surface area contributed by atoms with E-state index < -0.39 is 6.10 Å². The summed E-state index contributed by atoms with van der Waals surface area (Å²) in [6.45, 7) is 1.70. The molecule has 0 radical (unpaired) electrons. The minimum Gasteiger partial charge on any atom is -0.479 e. The molecule has 84 valence electrons. The van der Waals surface area contributed by atoms with Gasteiger partial charge in [0.05, 0.1) is 5.69 Å². The Morgan fingerprint density at radius 3 is 3.00 bits per heavy atom. The van der Waals surface area contributed by atoms with E-state index in [4.69, 9.17) is 10.5 Å². The summed E-state index contributed by atoms with van der Waals surface area (Å²) in [6, 6.07) is 5.34. The third-order valence-corrected chi connectivity index (χ3v) is 2.45. The van der Waals surface area contributed by atoms with Crippen LogP contribution in [-0.4, -0.2) is 24.9 Å². The summed E-state index contributed by atoms with van der Waals surface area (Å²) in [5.74, 6) is 0.923. The molecule has 5 heteroatoms. The van der Waals surface area contributed by atoms with Crippen molar-refractivity contribution in [2.75, 3.05) is 12.4 Å². The molecule has 0 aromatic heterocycles. The molecule has 0 bridgehead atoms. The highest BCUT2D eigenvalue weighted by molar-refractivity contribution is 6.02. The van der Waals surface area contributed by atoms with E-state index in [9.17, 15) is 4.79 Å². The number of carbonyl (C=O) groups is 1. The predicted octanol–water partition coefficient (Wildman–Crippen LogP) is 0.741. The lowest BCUT2D eigenvalue weighted by molar-refractivity contribution is -0.122. The number of nitrogens with two attached hydrogens (primary N) is 1. The number of rotatable bonds is 1. The van der Waals surface area contributed by atoms with Crippen LogP contribution in [0.15, 0.2) is 23.2 Å². The highest BCUT2D eigenvalue weighted by Crippen LogP contribution is 2.30. The van der Waals surface area contributed by atoms with Gasteiger partial charge in [0.25, 0.3) is 5.91 Å². The van der Waals surface area contributed by atoms with Gasteiger partial charge in [-0.15, -0.1) is 0 Å². The Morgan fingerprint density at radius 1 is 1.56 bits per heavy atom. The summed E-state index contributed by atoms with van der Waals surface area (Å²) in [7, 11) is 1.62. The number of hydrogen-bond donors (Lipinski definition) is 2. The Hall–Kier alpha value is -2.04. The summed E-state index contributed by atoms with van der Waals surface area (Å²) in [4.78, 5) is 15.3. The fourth-order valence-corrected chi connectivity index (χ4v) is 1.50. The minimum atomic E-state index is -0.462. The van der Waals surface area contributed by atoms with Crippen molar-refractivity contribution in [2.24, 2.45) is 10.7 Å². The van der Waals surface area contributed by atoms with E-state index in [1.165, 1.54) is 0 Å². The number of ether oxygens (including phenoxy) is 1. The monoisotopic (exact) mass is 219 g/mol. The van der Waals surface area contributed by atoms with Crippen molar-refractivity contribution in [1.82, 2.24) is 0 Å². The fraction of sp³-hybridized carbons (Fsp3) is 0.273. The molecule has 2 rings (SSSR count). The standard InChI is InChI=1S/C11H13N3O2/c1-6-11(15)14-8-5-7(10(12)13-2)3-4-9(8)16-6/h3-6H,1-2H3,(H2,12,13)(H,14,15). The summed E-state index contributed by atoms with van der Waals surface area (Å²) < 4.78 is 5.42. The van der Waals surface area contributed by atoms with Crippen molar-refractivity contribution < 1.29 is 9.53 Å². The lowest BCUT2D eigenvalue weighted by atomic mass is 10.1. The number of hydrogen-bond acceptors (Lipinski definition) is 3. The van der Waals surface area contributed by atoms with Gasteiger partial charge in [0.1, 0.15) is 11.6 Å². The molecule has 1 amide bonds. The number of amidine groups is 1. The maximum Gasteiger partial charge on any atom is 0.265 e. The molecule has 1 heterocycles. The van der Waals surface area contributed by atoms with Crippen molar-refractivity contribution in [3.05, 3.63) is 23.8 Å². The van der Waals surface area contributed by atoms with Crippen LogP contribution in [0.5, 0.6) is 5.75 Å². The van der Waals surface area contributed by atoms with Gasteiger partial charge in [-0.3, -0.25) is 9.79 Å². The Bertz CT molecular complexity index is 468. The zero-order chi connectivity index (χ0) is 11.7. The number of fused-ring (bicyclic) bond motifs is 1. The van der Waals surface area contributed by atoms with Crippen molar-refractivity contribution in [3.8, 4) is 5.75 Å². The first-order chi connectivity index (χ1) is 7.61. The third kappa shape index (κ3) is 1.71. The molecular weight excluding hydrogens is 206 g/mol. The molecule has 5 nitrogen and oxygen atoms in total. The largest absolute Gasteiger partial charge is 0.479 e. The average molecular weight is 219 g/mol. The van der Waals surface area contributed by atoms with Crippen molar-refractivity contribution in [3.63, 3.8) is 0 Å². The molecule has 1 atom stereocenters. The van der Waals surface area contributed by atoms with Crippen molar-refractivity contribution >= 4 is 17.4 Å². The van der Waals surface area contributed by atoms with E-state index in [0.717, 1.165) is 5.56 Å².